The van der Waals surface area contributed by atoms with Crippen LogP contribution in [-0.4, -0.2) is 26.6 Å². The molecule has 0 amide bonds. The van der Waals surface area contributed by atoms with E-state index in [1.807, 2.05) is 0 Å². The summed E-state index contributed by atoms with van der Waals surface area (Å²) < 4.78 is 9.54. The van der Waals surface area contributed by atoms with Crippen molar-refractivity contribution < 1.29 is 14.1 Å². The molecule has 0 saturated carbocycles. The second-order valence-corrected chi connectivity index (χ2v) is 6.82. The highest BCUT2D eigenvalue weighted by Gasteiger charge is 2.21. The van der Waals surface area contributed by atoms with E-state index in [4.69, 9.17) is 9.59 Å². The summed E-state index contributed by atoms with van der Waals surface area (Å²) in [6.45, 7) is 1.19. The Hall–Kier alpha value is 0.154. The monoisotopic (exact) mass is 121 g/mol. The molecule has 0 aliphatic heterocycles. The third-order valence-electron chi connectivity index (χ3n) is 0.193. The van der Waals surface area contributed by atoms with Crippen molar-refractivity contribution in [3.63, 3.8) is 0 Å². The highest BCUT2D eigenvalue weighted by Crippen LogP contribution is 1.77. The van der Waals surface area contributed by atoms with Crippen molar-refractivity contribution in [2.75, 3.05) is 0 Å². The SMILES string of the molecule is C[Si](O)(O)[Si]=O. The predicted octanol–water partition coefficient (Wildman–Crippen LogP) is -1.41. The molecule has 35 valence electrons. The Labute approximate surface area is 38.5 Å². The quantitative estimate of drug-likeness (QED) is 0.419. The molecule has 0 aliphatic carbocycles. The first-order valence-electron chi connectivity index (χ1n) is 1.40. The van der Waals surface area contributed by atoms with Crippen molar-refractivity contribution in [3.8, 4) is 0 Å². The molecular formula is CH5O3Si2. The zero-order chi connectivity index (χ0) is 5.21. The van der Waals surface area contributed by atoms with Gasteiger partial charge in [0.15, 0.2) is 0 Å². The summed E-state index contributed by atoms with van der Waals surface area (Å²) in [5, 5.41) is 0. The summed E-state index contributed by atoms with van der Waals surface area (Å²) in [4.78, 5) is 16.4. The molecular weight excluding hydrogens is 116 g/mol. The van der Waals surface area contributed by atoms with Gasteiger partial charge >= 0.3 is 17.0 Å². The summed E-state index contributed by atoms with van der Waals surface area (Å²) >= 11 is 0. The average Bonchev–Trinajstić information content (AvgIpc) is 1.35. The third kappa shape index (κ3) is 4.15. The minimum absolute atomic E-state index is 0.933. The fourth-order valence-electron chi connectivity index (χ4n) is 0. The van der Waals surface area contributed by atoms with Crippen molar-refractivity contribution in [1.29, 1.82) is 0 Å². The Morgan fingerprint density at radius 3 is 1.83 bits per heavy atom. The minimum atomic E-state index is -3.16. The van der Waals surface area contributed by atoms with Gasteiger partial charge in [-0.15, -0.1) is 0 Å². The maximum atomic E-state index is 9.54. The van der Waals surface area contributed by atoms with Crippen LogP contribution in [0.1, 0.15) is 0 Å². The molecule has 0 aromatic carbocycles. The van der Waals surface area contributed by atoms with Crippen LogP contribution in [0.5, 0.6) is 0 Å². The van der Waals surface area contributed by atoms with Gasteiger partial charge < -0.3 is 14.1 Å². The van der Waals surface area contributed by atoms with Crippen LogP contribution in [0.2, 0.25) is 6.55 Å². The van der Waals surface area contributed by atoms with E-state index in [0.717, 1.165) is 0 Å². The normalized spacial score (nSPS) is 11.2. The number of hydrogen-bond donors (Lipinski definition) is 2. The molecule has 1 radical (unpaired) electrons. The lowest BCUT2D eigenvalue weighted by Crippen LogP contribution is -2.33. The molecule has 0 rings (SSSR count). The van der Waals surface area contributed by atoms with E-state index in [1.165, 1.54) is 6.55 Å². The molecule has 0 saturated heterocycles. The van der Waals surface area contributed by atoms with E-state index in [0.29, 0.717) is 0 Å². The van der Waals surface area contributed by atoms with Crippen LogP contribution in [0.3, 0.4) is 0 Å². The molecule has 0 aliphatic rings. The summed E-state index contributed by atoms with van der Waals surface area (Å²) in [5.74, 6) is 0. The highest BCUT2D eigenvalue weighted by molar-refractivity contribution is 7.09. The van der Waals surface area contributed by atoms with Crippen molar-refractivity contribution in [3.05, 3.63) is 0 Å². The van der Waals surface area contributed by atoms with Gasteiger partial charge in [0.25, 0.3) is 0 Å². The van der Waals surface area contributed by atoms with Crippen LogP contribution in [0.15, 0.2) is 0 Å². The van der Waals surface area contributed by atoms with Crippen molar-refractivity contribution in [2.45, 2.75) is 6.55 Å². The number of hydrogen-bond acceptors (Lipinski definition) is 3. The first-order valence-corrected chi connectivity index (χ1v) is 5.70. The molecule has 0 fully saturated rings. The van der Waals surface area contributed by atoms with Gasteiger partial charge in [0, 0.05) is 0 Å². The smallest absolute Gasteiger partial charge is 0.380 e. The Kier molecular flexibility index (Phi) is 1.78. The second-order valence-electron chi connectivity index (χ2n) is 1.12. The molecule has 0 aromatic rings. The first-order chi connectivity index (χ1) is 2.56. The molecule has 0 bridgehead atoms. The van der Waals surface area contributed by atoms with Gasteiger partial charge in [-0.05, 0) is 6.55 Å². The summed E-state index contributed by atoms with van der Waals surface area (Å²) in [6, 6.07) is 0. The Morgan fingerprint density at radius 1 is 1.67 bits per heavy atom. The topological polar surface area (TPSA) is 57.5 Å². The second kappa shape index (κ2) is 1.74. The molecule has 0 spiro atoms. The average molecular weight is 121 g/mol. The Bertz CT molecular complexity index is 54.3. The van der Waals surface area contributed by atoms with Crippen molar-refractivity contribution in [1.82, 2.24) is 0 Å². The maximum absolute atomic E-state index is 9.54. The van der Waals surface area contributed by atoms with E-state index >= 15 is 0 Å². The van der Waals surface area contributed by atoms with E-state index in [1.54, 1.807) is 0 Å². The zero-order valence-electron chi connectivity index (χ0n) is 3.30. The van der Waals surface area contributed by atoms with Crippen molar-refractivity contribution in [2.24, 2.45) is 0 Å². The van der Waals surface area contributed by atoms with Gasteiger partial charge in [0.05, 0.1) is 0 Å². The van der Waals surface area contributed by atoms with Gasteiger partial charge in [-0.2, -0.15) is 0 Å². The molecule has 2 N–H and O–H groups in total. The van der Waals surface area contributed by atoms with Crippen LogP contribution in [0.4, 0.5) is 0 Å². The summed E-state index contributed by atoms with van der Waals surface area (Å²) in [6.07, 6.45) is 0. The van der Waals surface area contributed by atoms with Crippen LogP contribution in [-0.2, 0) is 4.46 Å². The standard InChI is InChI=1S/CH5O3Si2/c1-6(3,4)5-2/h3-4H,1H3. The molecule has 0 heterocycles. The van der Waals surface area contributed by atoms with Gasteiger partial charge in [-0.25, -0.2) is 0 Å². The lowest BCUT2D eigenvalue weighted by molar-refractivity contribution is 0.395. The predicted molar refractivity (Wildman–Crippen MR) is 22.5 cm³/mol. The van der Waals surface area contributed by atoms with Crippen LogP contribution in [0.25, 0.3) is 0 Å². The van der Waals surface area contributed by atoms with Crippen LogP contribution in [0, 0.1) is 0 Å². The molecule has 0 atom stereocenters. The highest BCUT2D eigenvalue weighted by atomic mass is 29.2. The Morgan fingerprint density at radius 2 is 1.83 bits per heavy atom. The minimum Gasteiger partial charge on any atom is -0.409 e. The van der Waals surface area contributed by atoms with Crippen LogP contribution >= 0.6 is 0 Å². The summed E-state index contributed by atoms with van der Waals surface area (Å²) in [5.41, 5.74) is 0. The van der Waals surface area contributed by atoms with Crippen LogP contribution < -0.4 is 0 Å². The number of rotatable bonds is 1. The lowest BCUT2D eigenvalue weighted by Gasteiger charge is -1.94. The molecule has 0 unspecified atom stereocenters. The zero-order valence-corrected chi connectivity index (χ0v) is 5.30. The van der Waals surface area contributed by atoms with Gasteiger partial charge in [-0.3, -0.25) is 0 Å². The Balaban J connectivity index is 3.45. The maximum Gasteiger partial charge on any atom is 0.380 e. The van der Waals surface area contributed by atoms with Gasteiger partial charge in [0.1, 0.15) is 0 Å². The molecule has 0 aromatic heterocycles. The molecule has 3 nitrogen and oxygen atoms in total. The van der Waals surface area contributed by atoms with E-state index in [9.17, 15) is 4.46 Å². The third-order valence-corrected chi connectivity index (χ3v) is 1.74. The molecule has 5 heteroatoms. The first kappa shape index (κ1) is 6.15. The fourth-order valence-corrected chi connectivity index (χ4v) is 0. The largest absolute Gasteiger partial charge is 0.409 e. The molecule has 6 heavy (non-hydrogen) atoms. The van der Waals surface area contributed by atoms with E-state index in [2.05, 4.69) is 0 Å². The van der Waals surface area contributed by atoms with E-state index in [-0.39, 0.29) is 0 Å². The summed E-state index contributed by atoms with van der Waals surface area (Å²) in [7, 11) is -4.09. The van der Waals surface area contributed by atoms with Gasteiger partial charge in [0.2, 0.25) is 0 Å². The van der Waals surface area contributed by atoms with Crippen molar-refractivity contribution >= 4 is 17.0 Å². The lowest BCUT2D eigenvalue weighted by atomic mass is 11.9. The fraction of sp³-hybridized carbons (Fsp3) is 1.00. The van der Waals surface area contributed by atoms with Gasteiger partial charge in [-0.1, -0.05) is 0 Å². The van der Waals surface area contributed by atoms with E-state index < -0.39 is 17.0 Å².